The van der Waals surface area contributed by atoms with E-state index in [9.17, 15) is 18.4 Å². The maximum atomic E-state index is 14.1. The Kier molecular flexibility index (Phi) is 7.44. The van der Waals surface area contributed by atoms with Crippen LogP contribution < -0.4 is 10.1 Å². The molecule has 0 fully saturated rings. The minimum absolute atomic E-state index is 0.0184. The molecule has 3 aromatic rings. The standard InChI is InChI=1S/C28H28F2N2O3/c1-18(2)14-27(34)32-13-12-19-6-11-24(16-25(19)28(32)20-4-3-5-22(30)15-20)35-17-26(33)31-23-9-7-21(29)8-10-23/h3-11,15-16,18,28H,12-14,17H2,1-2H3,(H,31,33). The number of rotatable bonds is 7. The summed E-state index contributed by atoms with van der Waals surface area (Å²) in [7, 11) is 0. The Labute approximate surface area is 203 Å². The molecule has 1 aliphatic rings. The van der Waals surface area contributed by atoms with Gasteiger partial charge in [-0.25, -0.2) is 8.78 Å². The lowest BCUT2D eigenvalue weighted by atomic mass is 9.87. The van der Waals surface area contributed by atoms with Gasteiger partial charge >= 0.3 is 0 Å². The van der Waals surface area contributed by atoms with Gasteiger partial charge in [0.25, 0.3) is 5.91 Å². The molecule has 1 aliphatic heterocycles. The van der Waals surface area contributed by atoms with Crippen molar-refractivity contribution in [3.8, 4) is 5.75 Å². The zero-order valence-corrected chi connectivity index (χ0v) is 19.8. The molecule has 35 heavy (non-hydrogen) atoms. The van der Waals surface area contributed by atoms with E-state index < -0.39 is 6.04 Å². The van der Waals surface area contributed by atoms with E-state index in [0.717, 1.165) is 11.1 Å². The summed E-state index contributed by atoms with van der Waals surface area (Å²) in [5.74, 6) is -0.448. The number of anilines is 1. The number of ether oxygens (including phenoxy) is 1. The van der Waals surface area contributed by atoms with Gasteiger partial charge in [0.2, 0.25) is 5.91 Å². The lowest BCUT2D eigenvalue weighted by Gasteiger charge is -2.38. The van der Waals surface area contributed by atoms with Crippen LogP contribution in [0.2, 0.25) is 0 Å². The number of benzene rings is 3. The minimum atomic E-state index is -0.447. The first-order valence-corrected chi connectivity index (χ1v) is 11.7. The number of carbonyl (C=O) groups excluding carboxylic acids is 2. The fraction of sp³-hybridized carbons (Fsp3) is 0.286. The fourth-order valence-corrected chi connectivity index (χ4v) is 4.33. The number of fused-ring (bicyclic) bond motifs is 1. The lowest BCUT2D eigenvalue weighted by molar-refractivity contribution is -0.134. The summed E-state index contributed by atoms with van der Waals surface area (Å²) >= 11 is 0. The molecule has 2 amide bonds. The molecule has 1 atom stereocenters. The van der Waals surface area contributed by atoms with Crippen molar-refractivity contribution in [2.24, 2.45) is 5.92 Å². The second-order valence-corrected chi connectivity index (χ2v) is 9.10. The monoisotopic (exact) mass is 478 g/mol. The zero-order chi connectivity index (χ0) is 24.9. The fourth-order valence-electron chi connectivity index (χ4n) is 4.33. The number of nitrogens with zero attached hydrogens (tertiary/aromatic N) is 1. The molecular weight excluding hydrogens is 450 g/mol. The average molecular weight is 479 g/mol. The Morgan fingerprint density at radius 1 is 1.03 bits per heavy atom. The SMILES string of the molecule is CC(C)CC(=O)N1CCc2ccc(OCC(=O)Nc3ccc(F)cc3)cc2C1c1cccc(F)c1. The third kappa shape index (κ3) is 6.04. The zero-order valence-electron chi connectivity index (χ0n) is 19.8. The first-order chi connectivity index (χ1) is 16.8. The Morgan fingerprint density at radius 2 is 1.80 bits per heavy atom. The maximum absolute atomic E-state index is 14.1. The van der Waals surface area contributed by atoms with E-state index in [1.54, 1.807) is 12.1 Å². The Morgan fingerprint density at radius 3 is 2.51 bits per heavy atom. The summed E-state index contributed by atoms with van der Waals surface area (Å²) in [5, 5.41) is 2.66. The molecule has 0 aliphatic carbocycles. The molecule has 0 saturated heterocycles. The second-order valence-electron chi connectivity index (χ2n) is 9.10. The molecule has 7 heteroatoms. The number of hydrogen-bond donors (Lipinski definition) is 1. The van der Waals surface area contributed by atoms with Gasteiger partial charge < -0.3 is 15.0 Å². The predicted molar refractivity (Wildman–Crippen MR) is 130 cm³/mol. The van der Waals surface area contributed by atoms with Crippen LogP contribution in [0.3, 0.4) is 0 Å². The van der Waals surface area contributed by atoms with Gasteiger partial charge in [0.05, 0.1) is 6.04 Å². The van der Waals surface area contributed by atoms with E-state index in [2.05, 4.69) is 5.32 Å². The maximum Gasteiger partial charge on any atom is 0.262 e. The summed E-state index contributed by atoms with van der Waals surface area (Å²) in [6.07, 6.45) is 1.08. The lowest BCUT2D eigenvalue weighted by Crippen LogP contribution is -2.41. The van der Waals surface area contributed by atoms with Gasteiger partial charge in [-0.05, 0) is 77.6 Å². The van der Waals surface area contributed by atoms with Crippen LogP contribution in [-0.2, 0) is 16.0 Å². The van der Waals surface area contributed by atoms with Crippen molar-refractivity contribution in [3.63, 3.8) is 0 Å². The molecule has 1 unspecified atom stereocenters. The van der Waals surface area contributed by atoms with Crippen LogP contribution in [0.4, 0.5) is 14.5 Å². The molecular formula is C28H28F2N2O3. The largest absolute Gasteiger partial charge is 0.484 e. The van der Waals surface area contributed by atoms with Crippen LogP contribution in [0.15, 0.2) is 66.7 Å². The molecule has 3 aromatic carbocycles. The minimum Gasteiger partial charge on any atom is -0.484 e. The topological polar surface area (TPSA) is 58.6 Å². The van der Waals surface area contributed by atoms with Gasteiger partial charge in [-0.2, -0.15) is 0 Å². The van der Waals surface area contributed by atoms with Crippen LogP contribution in [0.25, 0.3) is 0 Å². The highest BCUT2D eigenvalue weighted by Gasteiger charge is 2.32. The Balaban J connectivity index is 1.57. The van der Waals surface area contributed by atoms with E-state index >= 15 is 0 Å². The van der Waals surface area contributed by atoms with Crippen LogP contribution in [-0.4, -0.2) is 29.9 Å². The third-order valence-corrected chi connectivity index (χ3v) is 5.91. The highest BCUT2D eigenvalue weighted by molar-refractivity contribution is 5.91. The predicted octanol–water partition coefficient (Wildman–Crippen LogP) is 5.50. The second kappa shape index (κ2) is 10.7. The van der Waals surface area contributed by atoms with Crippen molar-refractivity contribution in [2.75, 3.05) is 18.5 Å². The molecule has 182 valence electrons. The Hall–Kier alpha value is -3.74. The summed E-state index contributed by atoms with van der Waals surface area (Å²) in [5.41, 5.74) is 3.07. The smallest absolute Gasteiger partial charge is 0.262 e. The van der Waals surface area contributed by atoms with E-state index in [4.69, 9.17) is 4.74 Å². The number of nitrogens with one attached hydrogen (secondary N) is 1. The normalized spacial score (nSPS) is 15.0. The van der Waals surface area contributed by atoms with Gasteiger partial charge in [-0.3, -0.25) is 9.59 Å². The molecule has 4 rings (SSSR count). The van der Waals surface area contributed by atoms with E-state index in [1.165, 1.54) is 36.4 Å². The van der Waals surface area contributed by atoms with Gasteiger partial charge in [0.1, 0.15) is 17.4 Å². The summed E-state index contributed by atoms with van der Waals surface area (Å²) < 4.78 is 32.9. The summed E-state index contributed by atoms with van der Waals surface area (Å²) in [6.45, 7) is 4.29. The van der Waals surface area contributed by atoms with Crippen LogP contribution in [0.5, 0.6) is 5.75 Å². The molecule has 5 nitrogen and oxygen atoms in total. The first kappa shape index (κ1) is 24.4. The molecule has 0 aromatic heterocycles. The molecule has 1 heterocycles. The number of amides is 2. The third-order valence-electron chi connectivity index (χ3n) is 5.91. The number of carbonyl (C=O) groups is 2. The molecule has 1 N–H and O–H groups in total. The van der Waals surface area contributed by atoms with Crippen LogP contribution in [0, 0.1) is 17.6 Å². The van der Waals surface area contributed by atoms with Crippen molar-refractivity contribution >= 4 is 17.5 Å². The highest BCUT2D eigenvalue weighted by Crippen LogP contribution is 2.38. The van der Waals surface area contributed by atoms with Gasteiger partial charge in [0, 0.05) is 18.7 Å². The van der Waals surface area contributed by atoms with Gasteiger partial charge in [-0.15, -0.1) is 0 Å². The van der Waals surface area contributed by atoms with Crippen LogP contribution in [0.1, 0.15) is 43.0 Å². The quantitative estimate of drug-likeness (QED) is 0.488. The van der Waals surface area contributed by atoms with Crippen molar-refractivity contribution in [1.29, 1.82) is 0 Å². The number of halogens is 2. The van der Waals surface area contributed by atoms with Gasteiger partial charge in [0.15, 0.2) is 6.61 Å². The van der Waals surface area contributed by atoms with Crippen molar-refractivity contribution < 1.29 is 23.1 Å². The summed E-state index contributed by atoms with van der Waals surface area (Å²) in [6, 6.07) is 16.9. The highest BCUT2D eigenvalue weighted by atomic mass is 19.1. The van der Waals surface area contributed by atoms with Crippen molar-refractivity contribution in [2.45, 2.75) is 32.7 Å². The Bertz CT molecular complexity index is 1210. The van der Waals surface area contributed by atoms with E-state index in [1.807, 2.05) is 36.9 Å². The van der Waals surface area contributed by atoms with Gasteiger partial charge in [-0.1, -0.05) is 32.0 Å². The summed E-state index contributed by atoms with van der Waals surface area (Å²) in [4.78, 5) is 27.2. The average Bonchev–Trinajstić information content (AvgIpc) is 2.83. The molecule has 0 spiro atoms. The first-order valence-electron chi connectivity index (χ1n) is 11.7. The molecule has 0 saturated carbocycles. The van der Waals surface area contributed by atoms with E-state index in [0.29, 0.717) is 36.4 Å². The molecule has 0 radical (unpaired) electrons. The number of hydrogen-bond acceptors (Lipinski definition) is 3. The van der Waals surface area contributed by atoms with Crippen molar-refractivity contribution in [3.05, 3.63) is 95.1 Å². The molecule has 0 bridgehead atoms. The van der Waals surface area contributed by atoms with Crippen LogP contribution >= 0.6 is 0 Å². The van der Waals surface area contributed by atoms with E-state index in [-0.39, 0.29) is 36.0 Å². The van der Waals surface area contributed by atoms with Crippen molar-refractivity contribution in [1.82, 2.24) is 4.90 Å².